The van der Waals surface area contributed by atoms with Crippen molar-refractivity contribution in [3.05, 3.63) is 58.6 Å². The second-order valence-corrected chi connectivity index (χ2v) is 6.61. The van der Waals surface area contributed by atoms with Gasteiger partial charge in [0.25, 0.3) is 0 Å². The largest absolute Gasteiger partial charge is 0.302 e. The number of hydrogen-bond acceptors (Lipinski definition) is 4. The van der Waals surface area contributed by atoms with E-state index in [4.69, 9.17) is 0 Å². The molecule has 3 rings (SSSR count). The molecule has 23 heavy (non-hydrogen) atoms. The van der Waals surface area contributed by atoms with Gasteiger partial charge in [0.15, 0.2) is 11.0 Å². The molecule has 118 valence electrons. The van der Waals surface area contributed by atoms with Crippen LogP contribution in [0.4, 0.5) is 4.39 Å². The Bertz CT molecular complexity index is 807. The molecule has 0 aliphatic rings. The molecule has 0 amide bonds. The van der Waals surface area contributed by atoms with Gasteiger partial charge in [0.2, 0.25) is 0 Å². The van der Waals surface area contributed by atoms with Gasteiger partial charge in [-0.1, -0.05) is 33.8 Å². The van der Waals surface area contributed by atoms with Crippen LogP contribution in [0.3, 0.4) is 0 Å². The maximum Gasteiger partial charge on any atom is 0.191 e. The summed E-state index contributed by atoms with van der Waals surface area (Å²) >= 11 is 4.98. The lowest BCUT2D eigenvalue weighted by Gasteiger charge is -2.08. The van der Waals surface area contributed by atoms with Crippen molar-refractivity contribution < 1.29 is 4.39 Å². The molecule has 0 atom stereocenters. The summed E-state index contributed by atoms with van der Waals surface area (Å²) in [6, 6.07) is 8.56. The Kier molecular flexibility index (Phi) is 5.07. The lowest BCUT2D eigenvalue weighted by atomic mass is 10.2. The normalized spacial score (nSPS) is 10.9. The standard InChI is InChI=1S/C16H14BrFN4S/c1-2-22-15(11-5-7-19-8-6-11)20-21-16(22)23-10-12-3-4-13(18)9-14(12)17/h3-9H,2,10H2,1H3. The molecule has 0 aliphatic heterocycles. The van der Waals surface area contributed by atoms with Crippen molar-refractivity contribution in [2.45, 2.75) is 24.4 Å². The van der Waals surface area contributed by atoms with Crippen molar-refractivity contribution in [2.24, 2.45) is 0 Å². The van der Waals surface area contributed by atoms with Gasteiger partial charge in [-0.3, -0.25) is 4.98 Å². The average molecular weight is 393 g/mol. The van der Waals surface area contributed by atoms with Crippen molar-refractivity contribution in [1.82, 2.24) is 19.7 Å². The van der Waals surface area contributed by atoms with E-state index >= 15 is 0 Å². The maximum atomic E-state index is 13.2. The average Bonchev–Trinajstić information content (AvgIpc) is 2.98. The number of pyridine rings is 1. The summed E-state index contributed by atoms with van der Waals surface area (Å²) in [4.78, 5) is 4.03. The van der Waals surface area contributed by atoms with Crippen LogP contribution >= 0.6 is 27.7 Å². The molecule has 0 N–H and O–H groups in total. The van der Waals surface area contributed by atoms with Crippen LogP contribution in [-0.2, 0) is 12.3 Å². The highest BCUT2D eigenvalue weighted by Gasteiger charge is 2.13. The first-order valence-corrected chi connectivity index (χ1v) is 8.87. The molecule has 7 heteroatoms. The minimum atomic E-state index is -0.248. The molecule has 1 aromatic carbocycles. The van der Waals surface area contributed by atoms with Crippen molar-refractivity contribution in [1.29, 1.82) is 0 Å². The second kappa shape index (κ2) is 7.23. The SMILES string of the molecule is CCn1c(SCc2ccc(F)cc2Br)nnc1-c1ccncc1. The van der Waals surface area contributed by atoms with Gasteiger partial charge in [0, 0.05) is 34.7 Å². The molecule has 4 nitrogen and oxygen atoms in total. The van der Waals surface area contributed by atoms with E-state index in [0.717, 1.165) is 33.1 Å². The molecule has 0 bridgehead atoms. The molecule has 2 heterocycles. The minimum Gasteiger partial charge on any atom is -0.302 e. The van der Waals surface area contributed by atoms with Gasteiger partial charge in [0.05, 0.1) is 0 Å². The first-order valence-electron chi connectivity index (χ1n) is 7.09. The molecule has 0 fully saturated rings. The highest BCUT2D eigenvalue weighted by atomic mass is 79.9. The second-order valence-electron chi connectivity index (χ2n) is 4.81. The highest BCUT2D eigenvalue weighted by molar-refractivity contribution is 9.10. The maximum absolute atomic E-state index is 13.2. The molecule has 0 radical (unpaired) electrons. The third-order valence-electron chi connectivity index (χ3n) is 3.34. The molecule has 3 aromatic rings. The van der Waals surface area contributed by atoms with Crippen molar-refractivity contribution in [3.63, 3.8) is 0 Å². The third-order valence-corrected chi connectivity index (χ3v) is 5.10. The predicted octanol–water partition coefficient (Wildman–Crippen LogP) is 4.55. The number of aromatic nitrogens is 4. The summed E-state index contributed by atoms with van der Waals surface area (Å²) in [6.45, 7) is 2.84. The summed E-state index contributed by atoms with van der Waals surface area (Å²) in [5.74, 6) is 1.27. The van der Waals surface area contributed by atoms with Gasteiger partial charge in [-0.15, -0.1) is 10.2 Å². The summed E-state index contributed by atoms with van der Waals surface area (Å²) in [5.41, 5.74) is 2.01. The lowest BCUT2D eigenvalue weighted by Crippen LogP contribution is -2.00. The van der Waals surface area contributed by atoms with E-state index in [2.05, 4.69) is 42.6 Å². The molecule has 0 spiro atoms. The van der Waals surface area contributed by atoms with E-state index in [9.17, 15) is 4.39 Å². The topological polar surface area (TPSA) is 43.6 Å². The summed E-state index contributed by atoms with van der Waals surface area (Å²) < 4.78 is 16.0. The first-order chi connectivity index (χ1) is 11.2. The van der Waals surface area contributed by atoms with E-state index in [1.807, 2.05) is 12.1 Å². The smallest absolute Gasteiger partial charge is 0.191 e. The quantitative estimate of drug-likeness (QED) is 0.597. The zero-order valence-corrected chi connectivity index (χ0v) is 14.8. The number of thioether (sulfide) groups is 1. The van der Waals surface area contributed by atoms with Crippen molar-refractivity contribution >= 4 is 27.7 Å². The molecular weight excluding hydrogens is 379 g/mol. The van der Waals surface area contributed by atoms with E-state index in [1.54, 1.807) is 30.2 Å². The van der Waals surface area contributed by atoms with Crippen LogP contribution in [0, 0.1) is 5.82 Å². The minimum absolute atomic E-state index is 0.248. The van der Waals surface area contributed by atoms with Crippen LogP contribution in [0.5, 0.6) is 0 Å². The van der Waals surface area contributed by atoms with Gasteiger partial charge >= 0.3 is 0 Å². The van der Waals surface area contributed by atoms with Crippen molar-refractivity contribution in [3.8, 4) is 11.4 Å². The number of nitrogens with zero attached hydrogens (tertiary/aromatic N) is 4. The van der Waals surface area contributed by atoms with E-state index in [-0.39, 0.29) is 5.82 Å². The Morgan fingerprint density at radius 3 is 2.65 bits per heavy atom. The number of halogens is 2. The summed E-state index contributed by atoms with van der Waals surface area (Å²) in [6.07, 6.45) is 3.49. The van der Waals surface area contributed by atoms with E-state index < -0.39 is 0 Å². The Morgan fingerprint density at radius 1 is 1.17 bits per heavy atom. The van der Waals surface area contributed by atoms with E-state index in [1.165, 1.54) is 12.1 Å². The highest BCUT2D eigenvalue weighted by Crippen LogP contribution is 2.29. The Labute approximate surface area is 146 Å². The molecule has 0 aliphatic carbocycles. The number of rotatable bonds is 5. The first kappa shape index (κ1) is 16.1. The van der Waals surface area contributed by atoms with Crippen molar-refractivity contribution in [2.75, 3.05) is 0 Å². The Morgan fingerprint density at radius 2 is 1.96 bits per heavy atom. The fourth-order valence-corrected chi connectivity index (χ4v) is 3.86. The van der Waals surface area contributed by atoms with Crippen LogP contribution in [0.2, 0.25) is 0 Å². The van der Waals surface area contributed by atoms with Gasteiger partial charge < -0.3 is 4.57 Å². The third kappa shape index (κ3) is 3.61. The Balaban J connectivity index is 1.82. The number of hydrogen-bond donors (Lipinski definition) is 0. The van der Waals surface area contributed by atoms with Crippen LogP contribution in [-0.4, -0.2) is 19.7 Å². The fraction of sp³-hybridized carbons (Fsp3) is 0.188. The summed E-state index contributed by atoms with van der Waals surface area (Å²) in [7, 11) is 0. The van der Waals surface area contributed by atoms with Gasteiger partial charge in [-0.05, 0) is 36.8 Å². The van der Waals surface area contributed by atoms with Gasteiger partial charge in [-0.2, -0.15) is 0 Å². The molecule has 2 aromatic heterocycles. The Hall–Kier alpha value is -1.73. The van der Waals surface area contributed by atoms with Crippen LogP contribution in [0.25, 0.3) is 11.4 Å². The molecule has 0 unspecified atom stereocenters. The van der Waals surface area contributed by atoms with E-state index in [0.29, 0.717) is 5.75 Å². The summed E-state index contributed by atoms with van der Waals surface area (Å²) in [5, 5.41) is 9.43. The van der Waals surface area contributed by atoms with Crippen LogP contribution < -0.4 is 0 Å². The van der Waals surface area contributed by atoms with Crippen LogP contribution in [0.15, 0.2) is 52.4 Å². The van der Waals surface area contributed by atoms with Gasteiger partial charge in [-0.25, -0.2) is 4.39 Å². The van der Waals surface area contributed by atoms with Gasteiger partial charge in [0.1, 0.15) is 5.82 Å². The lowest BCUT2D eigenvalue weighted by molar-refractivity contribution is 0.626. The zero-order valence-electron chi connectivity index (χ0n) is 12.4. The monoisotopic (exact) mass is 392 g/mol. The fourth-order valence-electron chi connectivity index (χ4n) is 2.18. The molecule has 0 saturated heterocycles. The molecular formula is C16H14BrFN4S. The predicted molar refractivity (Wildman–Crippen MR) is 92.6 cm³/mol. The van der Waals surface area contributed by atoms with Crippen LogP contribution in [0.1, 0.15) is 12.5 Å². The zero-order chi connectivity index (χ0) is 16.2. The number of benzene rings is 1. The molecule has 0 saturated carbocycles.